The maximum Gasteiger partial charge on any atom is 0.340 e. The first-order chi connectivity index (χ1) is 14.3. The van der Waals surface area contributed by atoms with Gasteiger partial charge in [-0.15, -0.1) is 0 Å². The van der Waals surface area contributed by atoms with Crippen LogP contribution in [0, 0.1) is 20.8 Å². The number of aromatic nitrogens is 1. The molecule has 2 N–H and O–H groups in total. The van der Waals surface area contributed by atoms with Crippen LogP contribution in [0.15, 0.2) is 36.4 Å². The molecule has 0 amide bonds. The van der Waals surface area contributed by atoms with Gasteiger partial charge in [-0.2, -0.15) is 0 Å². The summed E-state index contributed by atoms with van der Waals surface area (Å²) in [7, 11) is 1.92. The highest BCUT2D eigenvalue weighted by Gasteiger charge is 2.20. The van der Waals surface area contributed by atoms with Crippen LogP contribution in [0.3, 0.4) is 0 Å². The van der Waals surface area contributed by atoms with Gasteiger partial charge in [0.15, 0.2) is 0 Å². The lowest BCUT2D eigenvalue weighted by Crippen LogP contribution is -2.26. The van der Waals surface area contributed by atoms with E-state index in [2.05, 4.69) is 18.3 Å². The Kier molecular flexibility index (Phi) is 6.67. The number of anilines is 1. The zero-order valence-corrected chi connectivity index (χ0v) is 18.3. The molecule has 6 heteroatoms. The van der Waals surface area contributed by atoms with Gasteiger partial charge in [0.05, 0.1) is 12.2 Å². The molecule has 0 unspecified atom stereocenters. The van der Waals surface area contributed by atoms with Gasteiger partial charge in [-0.3, -0.25) is 0 Å². The van der Waals surface area contributed by atoms with Gasteiger partial charge in [0.1, 0.15) is 18.5 Å². The van der Waals surface area contributed by atoms with E-state index < -0.39 is 6.10 Å². The summed E-state index contributed by atoms with van der Waals surface area (Å²) in [5.74, 6) is 0.264. The molecular formula is C24H30N2O4. The van der Waals surface area contributed by atoms with Crippen LogP contribution in [-0.4, -0.2) is 41.5 Å². The number of fused-ring (bicyclic) bond motifs is 1. The second-order valence-corrected chi connectivity index (χ2v) is 7.58. The number of nitrogens with one attached hydrogen (secondary N) is 1. The van der Waals surface area contributed by atoms with Gasteiger partial charge in [0.2, 0.25) is 0 Å². The third-order valence-electron chi connectivity index (χ3n) is 5.30. The minimum atomic E-state index is -0.677. The number of carbonyl (C=O) groups is 1. The molecule has 3 aromatic rings. The van der Waals surface area contributed by atoms with Gasteiger partial charge in [-0.05, 0) is 57.5 Å². The first kappa shape index (κ1) is 21.7. The molecule has 0 spiro atoms. The molecule has 0 fully saturated rings. The highest BCUT2D eigenvalue weighted by Crippen LogP contribution is 2.29. The largest absolute Gasteiger partial charge is 0.491 e. The standard InChI is InChI=1S/C24H30N2O4/c1-6-29-24(28)23-17(4)26(5)22-10-8-19(12-20(22)23)30-14-18(27)13-25-21-9-7-15(2)11-16(21)3/h7-12,18,25,27H,6,13-14H2,1-5H3/t18-/m0/s1. The topological polar surface area (TPSA) is 72.7 Å². The van der Waals surface area contributed by atoms with Crippen molar-refractivity contribution in [1.82, 2.24) is 4.57 Å². The van der Waals surface area contributed by atoms with Crippen molar-refractivity contribution in [3.63, 3.8) is 0 Å². The number of aliphatic hydroxyl groups excluding tert-OH is 1. The van der Waals surface area contributed by atoms with Crippen molar-refractivity contribution < 1.29 is 19.4 Å². The fourth-order valence-corrected chi connectivity index (χ4v) is 3.59. The highest BCUT2D eigenvalue weighted by atomic mass is 16.5. The van der Waals surface area contributed by atoms with Crippen molar-refractivity contribution >= 4 is 22.6 Å². The number of esters is 1. The molecule has 1 aromatic heterocycles. The summed E-state index contributed by atoms with van der Waals surface area (Å²) >= 11 is 0. The second-order valence-electron chi connectivity index (χ2n) is 7.58. The van der Waals surface area contributed by atoms with E-state index in [9.17, 15) is 9.90 Å². The van der Waals surface area contributed by atoms with E-state index in [0.29, 0.717) is 24.5 Å². The van der Waals surface area contributed by atoms with Crippen LogP contribution < -0.4 is 10.1 Å². The summed E-state index contributed by atoms with van der Waals surface area (Å²) in [6.45, 7) is 8.63. The maximum atomic E-state index is 12.4. The Hall–Kier alpha value is -2.99. The maximum absolute atomic E-state index is 12.4. The molecule has 0 saturated heterocycles. The number of rotatable bonds is 8. The molecule has 0 aliphatic carbocycles. The molecule has 0 saturated carbocycles. The average Bonchev–Trinajstić information content (AvgIpc) is 2.96. The normalized spacial score (nSPS) is 12.1. The van der Waals surface area contributed by atoms with Crippen LogP contribution in [0.2, 0.25) is 0 Å². The number of hydrogen-bond acceptors (Lipinski definition) is 5. The van der Waals surface area contributed by atoms with Crippen LogP contribution in [-0.2, 0) is 11.8 Å². The van der Waals surface area contributed by atoms with E-state index in [1.54, 1.807) is 6.92 Å². The zero-order chi connectivity index (χ0) is 21.8. The Morgan fingerprint density at radius 1 is 1.17 bits per heavy atom. The second kappa shape index (κ2) is 9.22. The minimum Gasteiger partial charge on any atom is -0.491 e. The van der Waals surface area contributed by atoms with Crippen molar-refractivity contribution in [2.75, 3.05) is 25.1 Å². The Morgan fingerprint density at radius 3 is 2.63 bits per heavy atom. The van der Waals surface area contributed by atoms with Crippen molar-refractivity contribution in [3.05, 3.63) is 58.8 Å². The smallest absolute Gasteiger partial charge is 0.340 e. The molecule has 2 aromatic carbocycles. The number of nitrogens with zero attached hydrogens (tertiary/aromatic N) is 1. The van der Waals surface area contributed by atoms with Crippen molar-refractivity contribution in [1.29, 1.82) is 0 Å². The van der Waals surface area contributed by atoms with E-state index in [4.69, 9.17) is 9.47 Å². The van der Waals surface area contributed by atoms with Gasteiger partial charge in [0, 0.05) is 35.9 Å². The van der Waals surface area contributed by atoms with Crippen LogP contribution in [0.4, 0.5) is 5.69 Å². The van der Waals surface area contributed by atoms with Gasteiger partial charge < -0.3 is 24.5 Å². The van der Waals surface area contributed by atoms with E-state index in [0.717, 1.165) is 27.8 Å². The summed E-state index contributed by atoms with van der Waals surface area (Å²) in [6.07, 6.45) is -0.677. The van der Waals surface area contributed by atoms with Gasteiger partial charge >= 0.3 is 5.97 Å². The molecule has 6 nitrogen and oxygen atoms in total. The fraction of sp³-hybridized carbons (Fsp3) is 0.375. The highest BCUT2D eigenvalue weighted by molar-refractivity contribution is 6.06. The molecule has 0 radical (unpaired) electrons. The van der Waals surface area contributed by atoms with E-state index in [-0.39, 0.29) is 12.6 Å². The Balaban J connectivity index is 1.68. The Labute approximate surface area is 177 Å². The molecule has 160 valence electrons. The summed E-state index contributed by atoms with van der Waals surface area (Å²) in [5, 5.41) is 14.4. The number of aryl methyl sites for hydroxylation is 3. The molecule has 30 heavy (non-hydrogen) atoms. The SMILES string of the molecule is CCOC(=O)c1c(C)n(C)c2ccc(OC[C@@H](O)CNc3ccc(C)cc3C)cc12. The fourth-order valence-electron chi connectivity index (χ4n) is 3.59. The lowest BCUT2D eigenvalue weighted by molar-refractivity contribution is 0.0527. The third-order valence-corrected chi connectivity index (χ3v) is 5.30. The van der Waals surface area contributed by atoms with Crippen LogP contribution >= 0.6 is 0 Å². The number of benzene rings is 2. The van der Waals surface area contributed by atoms with Gasteiger partial charge in [-0.1, -0.05) is 17.7 Å². The molecule has 0 bridgehead atoms. The zero-order valence-electron chi connectivity index (χ0n) is 18.3. The number of aliphatic hydroxyl groups is 1. The predicted molar refractivity (Wildman–Crippen MR) is 120 cm³/mol. The Bertz CT molecular complexity index is 1060. The van der Waals surface area contributed by atoms with E-state index >= 15 is 0 Å². The van der Waals surface area contributed by atoms with Gasteiger partial charge in [0.25, 0.3) is 0 Å². The number of ether oxygens (including phenoxy) is 2. The lowest BCUT2D eigenvalue weighted by Gasteiger charge is -2.16. The molecule has 1 heterocycles. The lowest BCUT2D eigenvalue weighted by atomic mass is 10.1. The number of carbonyl (C=O) groups excluding carboxylic acids is 1. The summed E-state index contributed by atoms with van der Waals surface area (Å²) in [5.41, 5.74) is 5.67. The molecular weight excluding hydrogens is 380 g/mol. The summed E-state index contributed by atoms with van der Waals surface area (Å²) < 4.78 is 13.0. The first-order valence-electron chi connectivity index (χ1n) is 10.2. The quantitative estimate of drug-likeness (QED) is 0.546. The predicted octanol–water partition coefficient (Wildman–Crippen LogP) is 4.13. The Morgan fingerprint density at radius 2 is 1.93 bits per heavy atom. The van der Waals surface area contributed by atoms with Crippen molar-refractivity contribution in [3.8, 4) is 5.75 Å². The monoisotopic (exact) mass is 410 g/mol. The van der Waals surface area contributed by atoms with Crippen LogP contribution in [0.5, 0.6) is 5.75 Å². The third kappa shape index (κ3) is 4.60. The average molecular weight is 411 g/mol. The molecule has 0 aliphatic rings. The summed E-state index contributed by atoms with van der Waals surface area (Å²) in [4.78, 5) is 12.4. The van der Waals surface area contributed by atoms with Gasteiger partial charge in [-0.25, -0.2) is 4.79 Å². The van der Waals surface area contributed by atoms with Crippen LogP contribution in [0.25, 0.3) is 10.9 Å². The molecule has 3 rings (SSSR count). The minimum absolute atomic E-state index is 0.143. The number of hydrogen-bond donors (Lipinski definition) is 2. The van der Waals surface area contributed by atoms with Crippen molar-refractivity contribution in [2.24, 2.45) is 7.05 Å². The van der Waals surface area contributed by atoms with Crippen molar-refractivity contribution in [2.45, 2.75) is 33.8 Å². The molecule has 0 aliphatic heterocycles. The molecule has 1 atom stereocenters. The van der Waals surface area contributed by atoms with E-state index in [1.807, 2.05) is 55.8 Å². The summed E-state index contributed by atoms with van der Waals surface area (Å²) in [6, 6.07) is 11.8. The van der Waals surface area contributed by atoms with Crippen LogP contribution in [0.1, 0.15) is 34.1 Å². The van der Waals surface area contributed by atoms with E-state index in [1.165, 1.54) is 5.56 Å². The first-order valence-corrected chi connectivity index (χ1v) is 10.2.